The number of likely N-dealkylation sites (N-methyl/N-ethyl adjacent to an activating group) is 7. The van der Waals surface area contributed by atoms with E-state index in [-0.39, 0.29) is 74.4 Å². The summed E-state index contributed by atoms with van der Waals surface area (Å²) in [6.07, 6.45) is -0.613. The lowest BCUT2D eigenvalue weighted by Gasteiger charge is -2.45. The summed E-state index contributed by atoms with van der Waals surface area (Å²) in [5, 5.41) is 2.32. The summed E-state index contributed by atoms with van der Waals surface area (Å²) >= 11 is 0. The highest BCUT2D eigenvalue weighted by atomic mass is 28.4. The third-order valence-corrected chi connectivity index (χ3v) is 23.2. The van der Waals surface area contributed by atoms with Crippen LogP contribution in [0.5, 0.6) is 0 Å². The Bertz CT molecular complexity index is 2490. The molecule has 1 saturated heterocycles. The van der Waals surface area contributed by atoms with Crippen molar-refractivity contribution in [1.82, 2.24) is 39.6 Å². The van der Waals surface area contributed by atoms with Crippen LogP contribution in [0.15, 0.2) is 0 Å². The Balaban J connectivity index is 4.50. The van der Waals surface area contributed by atoms with E-state index in [2.05, 4.69) is 5.32 Å². The maximum atomic E-state index is 15.6. The highest BCUT2D eigenvalue weighted by Crippen LogP contribution is 2.40. The molecule has 1 aliphatic heterocycles. The van der Waals surface area contributed by atoms with Crippen LogP contribution in [0.2, 0.25) is 18.1 Å². The maximum absolute atomic E-state index is 15.6. The van der Waals surface area contributed by atoms with Gasteiger partial charge in [0.25, 0.3) is 0 Å². The van der Waals surface area contributed by atoms with Crippen LogP contribution in [0.1, 0.15) is 183 Å². The number of carbonyl (C=O) groups excluding carboxylic acids is 12. The molecule has 516 valence electrons. The van der Waals surface area contributed by atoms with Crippen LogP contribution in [0.3, 0.4) is 0 Å². The number of Topliss-reactive ketones (excluding diaryl/α,β-unsaturated/α-hetero) is 3. The van der Waals surface area contributed by atoms with Gasteiger partial charge in [-0.2, -0.15) is 0 Å². The molecule has 1 N–H and O–H groups in total. The zero-order valence-electron chi connectivity index (χ0n) is 60.8. The van der Waals surface area contributed by atoms with Crippen LogP contribution in [0.4, 0.5) is 0 Å². The molecular formula is C68H122N8O13Si. The van der Waals surface area contributed by atoms with Crippen molar-refractivity contribution in [3.8, 4) is 0 Å². The summed E-state index contributed by atoms with van der Waals surface area (Å²) in [6, 6.07) is -8.19. The fourth-order valence-corrected chi connectivity index (χ4v) is 13.1. The van der Waals surface area contributed by atoms with E-state index in [0.717, 1.165) is 0 Å². The molecule has 90 heavy (non-hydrogen) atoms. The summed E-state index contributed by atoms with van der Waals surface area (Å²) in [5.74, 6) is -11.3. The number of ketones is 3. The number of carbonyl (C=O) groups is 12. The van der Waals surface area contributed by atoms with Crippen LogP contribution >= 0.6 is 0 Å². The van der Waals surface area contributed by atoms with E-state index < -0.39 is 169 Å². The number of amides is 8. The SMILES string of the molecule is CC[C@H]1CC(=O)[C@@H]([C@H](O[Si](C)(C)C(C)(C)C)[C@H](C)C=O)N(C)C(=O)[C@@H](C(C)C)N(C)C(=O)[C@@H](CC(C)C)N(C)C(=O)[C@@H](CC(C)C)N(C)C(=O)[C@H](C)NC(=O)[C@@H](C)CC(=O)[C@@H](CC(C)C)N(C)C(=O)[C@@H](C(C)C)CC(=O)[C@H](CC(C)C)N(C)C(=O)CN(C)C1=O. The Morgan fingerprint density at radius 3 is 1.34 bits per heavy atom. The largest absolute Gasteiger partial charge is 0.411 e. The van der Waals surface area contributed by atoms with Gasteiger partial charge in [0, 0.05) is 92.3 Å². The summed E-state index contributed by atoms with van der Waals surface area (Å²) in [7, 11) is 7.41. The average Bonchev–Trinajstić information content (AvgIpc) is 0.889. The molecule has 0 spiro atoms. The second kappa shape index (κ2) is 35.6. The van der Waals surface area contributed by atoms with Crippen molar-refractivity contribution in [1.29, 1.82) is 0 Å². The van der Waals surface area contributed by atoms with E-state index >= 15 is 19.2 Å². The molecule has 0 radical (unpaired) electrons. The fourth-order valence-electron chi connectivity index (χ4n) is 11.8. The molecule has 0 aromatic carbocycles. The number of rotatable bonds is 16. The van der Waals surface area contributed by atoms with Crippen LogP contribution in [-0.2, 0) is 62.0 Å². The summed E-state index contributed by atoms with van der Waals surface area (Å²) < 4.78 is 7.00. The van der Waals surface area contributed by atoms with Gasteiger partial charge >= 0.3 is 0 Å². The number of hydrogen-bond donors (Lipinski definition) is 1. The van der Waals surface area contributed by atoms with E-state index in [1.54, 1.807) is 48.5 Å². The first-order valence-corrected chi connectivity index (χ1v) is 35.9. The minimum atomic E-state index is -2.88. The Labute approximate surface area is 543 Å². The molecule has 1 aliphatic rings. The molecule has 0 saturated carbocycles. The van der Waals surface area contributed by atoms with E-state index in [9.17, 15) is 38.4 Å². The van der Waals surface area contributed by atoms with E-state index in [0.29, 0.717) is 6.29 Å². The van der Waals surface area contributed by atoms with Crippen molar-refractivity contribution < 1.29 is 62.0 Å². The fraction of sp³-hybridized carbons (Fsp3) is 0.824. The number of nitrogens with one attached hydrogen (secondary N) is 1. The number of aldehydes is 1. The highest BCUT2D eigenvalue weighted by molar-refractivity contribution is 6.74. The van der Waals surface area contributed by atoms with Crippen molar-refractivity contribution in [2.45, 2.75) is 249 Å². The standard InChI is InChI=1S/C68H122N8O13Si/c1-29-48-35-56(80)59(60(46(15)38-77)89-90(27,28)68(17,18)19)76(26)67(88)58(44(12)13)75(25)66(87)53(33-42(8)9)74(24)65(86)52(32-41(6)7)73(23)62(83)47(16)69-61(82)45(14)34-54(78)51(31-40(4)5)72(22)64(85)49(43(10)11)36-55(79)50(30-39(2)3)71(21)57(81)37-70(20)63(48)84/h38-53,58-60H,29-37H2,1-28H3,(H,69,82)/t45-,46+,47-,48-,49+,50-,51+,52+,53+,58+,59-,60+/m0/s1. The van der Waals surface area contributed by atoms with Gasteiger partial charge in [0.1, 0.15) is 36.5 Å². The molecule has 1 rings (SSSR count). The first-order valence-electron chi connectivity index (χ1n) is 33.0. The van der Waals surface area contributed by atoms with Crippen LogP contribution < -0.4 is 5.32 Å². The zero-order valence-corrected chi connectivity index (χ0v) is 61.8. The average molecular weight is 1290 g/mol. The van der Waals surface area contributed by atoms with Crippen molar-refractivity contribution in [3.05, 3.63) is 0 Å². The first kappa shape index (κ1) is 82.6. The zero-order chi connectivity index (χ0) is 70.3. The smallest absolute Gasteiger partial charge is 0.246 e. The summed E-state index contributed by atoms with van der Waals surface area (Å²) in [5.41, 5.74) is 0. The van der Waals surface area contributed by atoms with Gasteiger partial charge in [0.2, 0.25) is 47.3 Å². The predicted octanol–water partition coefficient (Wildman–Crippen LogP) is 7.80. The lowest BCUT2D eigenvalue weighted by Crippen LogP contribution is -2.63. The molecule has 8 amide bonds. The lowest BCUT2D eigenvalue weighted by atomic mass is 9.84. The molecule has 21 nitrogen and oxygen atoms in total. The second-order valence-corrected chi connectivity index (χ2v) is 34.9. The third kappa shape index (κ3) is 22.4. The van der Waals surface area contributed by atoms with E-state index in [1.807, 2.05) is 89.3 Å². The number of hydrogen-bond acceptors (Lipinski definition) is 13. The molecule has 1 fully saturated rings. The van der Waals surface area contributed by atoms with Crippen molar-refractivity contribution in [2.75, 3.05) is 55.9 Å². The van der Waals surface area contributed by atoms with E-state index in [4.69, 9.17) is 4.43 Å². The lowest BCUT2D eigenvalue weighted by molar-refractivity contribution is -0.157. The Hall–Kier alpha value is -5.38. The molecule has 1 heterocycles. The number of nitrogens with zero attached hydrogens (tertiary/aromatic N) is 7. The Morgan fingerprint density at radius 2 is 0.922 bits per heavy atom. The third-order valence-electron chi connectivity index (χ3n) is 18.7. The van der Waals surface area contributed by atoms with Crippen molar-refractivity contribution in [3.63, 3.8) is 0 Å². The Morgan fingerprint density at radius 1 is 0.511 bits per heavy atom. The molecular weight excluding hydrogens is 1160 g/mol. The topological polar surface area (TPSA) is 249 Å². The van der Waals surface area contributed by atoms with Crippen LogP contribution in [-0.4, -0.2) is 218 Å². The molecule has 12 atom stereocenters. The molecule has 0 aromatic heterocycles. The van der Waals surface area contributed by atoms with Gasteiger partial charge in [0.05, 0.1) is 24.7 Å². The van der Waals surface area contributed by atoms with Gasteiger partial charge < -0.3 is 48.8 Å². The Kier molecular flexibility index (Phi) is 32.7. The molecule has 0 bridgehead atoms. The van der Waals surface area contributed by atoms with Gasteiger partial charge in [-0.05, 0) is 92.7 Å². The summed E-state index contributed by atoms with van der Waals surface area (Å²) in [6.45, 7) is 38.1. The normalized spacial score (nSPS) is 26.6. The van der Waals surface area contributed by atoms with Gasteiger partial charge in [-0.3, -0.25) is 52.7 Å². The molecule has 0 unspecified atom stereocenters. The summed E-state index contributed by atoms with van der Waals surface area (Å²) in [4.78, 5) is 185. The van der Waals surface area contributed by atoms with Crippen molar-refractivity contribution >= 4 is 79.2 Å². The monoisotopic (exact) mass is 1290 g/mol. The second-order valence-electron chi connectivity index (χ2n) is 30.1. The van der Waals surface area contributed by atoms with Crippen molar-refractivity contribution in [2.24, 2.45) is 59.2 Å². The predicted molar refractivity (Wildman–Crippen MR) is 355 cm³/mol. The quantitative estimate of drug-likeness (QED) is 0.115. The maximum Gasteiger partial charge on any atom is 0.246 e. The van der Waals surface area contributed by atoms with Gasteiger partial charge in [-0.15, -0.1) is 0 Å². The molecule has 0 aliphatic carbocycles. The molecule has 0 aromatic rings. The van der Waals surface area contributed by atoms with Gasteiger partial charge in [0.15, 0.2) is 25.7 Å². The minimum absolute atomic E-state index is 0.0725. The van der Waals surface area contributed by atoms with Gasteiger partial charge in [-0.25, -0.2) is 0 Å². The van der Waals surface area contributed by atoms with Gasteiger partial charge in [-0.1, -0.05) is 125 Å². The van der Waals surface area contributed by atoms with E-state index in [1.165, 1.54) is 90.6 Å². The molecule has 22 heteroatoms. The minimum Gasteiger partial charge on any atom is -0.411 e. The van der Waals surface area contributed by atoms with Crippen LogP contribution in [0.25, 0.3) is 0 Å². The first-order chi connectivity index (χ1) is 41.1. The van der Waals surface area contributed by atoms with Crippen LogP contribution in [0, 0.1) is 59.2 Å². The highest BCUT2D eigenvalue weighted by Gasteiger charge is 2.49.